The Morgan fingerprint density at radius 1 is 1.10 bits per heavy atom. The van der Waals surface area contributed by atoms with Crippen molar-refractivity contribution in [1.82, 2.24) is 5.43 Å². The molecule has 3 rings (SSSR count). The van der Waals surface area contributed by atoms with Crippen molar-refractivity contribution < 1.29 is 14.3 Å². The minimum Gasteiger partial charge on any atom is -0.484 e. The van der Waals surface area contributed by atoms with Gasteiger partial charge in [-0.2, -0.15) is 5.10 Å². The third-order valence-electron chi connectivity index (χ3n) is 4.25. The van der Waals surface area contributed by atoms with Crippen molar-refractivity contribution in [3.63, 3.8) is 0 Å². The van der Waals surface area contributed by atoms with E-state index in [4.69, 9.17) is 16.3 Å². The van der Waals surface area contributed by atoms with Gasteiger partial charge in [0, 0.05) is 20.7 Å². The van der Waals surface area contributed by atoms with Gasteiger partial charge in [0.1, 0.15) is 5.75 Å². The molecule has 3 aromatic carbocycles. The highest BCUT2D eigenvalue weighted by molar-refractivity contribution is 9.10. The first-order chi connectivity index (χ1) is 14.9. The largest absolute Gasteiger partial charge is 0.484 e. The molecule has 0 aliphatic carbocycles. The summed E-state index contributed by atoms with van der Waals surface area (Å²) in [5.41, 5.74) is 5.15. The van der Waals surface area contributed by atoms with Crippen LogP contribution in [0.1, 0.15) is 21.5 Å². The Kier molecular flexibility index (Phi) is 7.81. The van der Waals surface area contributed by atoms with E-state index in [0.717, 1.165) is 15.6 Å². The Hall–Kier alpha value is -3.16. The van der Waals surface area contributed by atoms with Crippen LogP contribution in [0, 0.1) is 6.92 Å². The van der Waals surface area contributed by atoms with Crippen molar-refractivity contribution in [1.29, 1.82) is 0 Å². The molecule has 0 aliphatic heterocycles. The van der Waals surface area contributed by atoms with Gasteiger partial charge in [-0.15, -0.1) is 0 Å². The van der Waals surface area contributed by atoms with Gasteiger partial charge in [-0.1, -0.05) is 45.7 Å². The molecular formula is C23H19BrClN3O3. The normalized spacial score (nSPS) is 10.7. The van der Waals surface area contributed by atoms with Crippen LogP contribution in [0.2, 0.25) is 5.02 Å². The predicted octanol–water partition coefficient (Wildman–Crippen LogP) is 5.19. The molecule has 0 aromatic heterocycles. The molecule has 0 radical (unpaired) electrons. The number of hydrogen-bond acceptors (Lipinski definition) is 4. The molecule has 2 amide bonds. The molecule has 0 unspecified atom stereocenters. The molecule has 0 heterocycles. The maximum atomic E-state index is 12.4. The molecule has 0 aliphatic rings. The maximum absolute atomic E-state index is 12.4. The summed E-state index contributed by atoms with van der Waals surface area (Å²) < 4.78 is 6.36. The lowest BCUT2D eigenvalue weighted by molar-refractivity contribution is -0.123. The van der Waals surface area contributed by atoms with Crippen LogP contribution in [0.3, 0.4) is 0 Å². The molecule has 3 aromatic rings. The molecule has 158 valence electrons. The van der Waals surface area contributed by atoms with Gasteiger partial charge < -0.3 is 10.1 Å². The number of nitrogens with zero attached hydrogens (tertiary/aromatic N) is 1. The van der Waals surface area contributed by atoms with Crippen molar-refractivity contribution in [2.24, 2.45) is 5.10 Å². The van der Waals surface area contributed by atoms with Crippen molar-refractivity contribution in [3.05, 3.63) is 92.9 Å². The Balaban J connectivity index is 1.49. The highest BCUT2D eigenvalue weighted by Gasteiger charge is 2.10. The topological polar surface area (TPSA) is 79.8 Å². The van der Waals surface area contributed by atoms with Crippen LogP contribution < -0.4 is 15.5 Å². The standard InChI is InChI=1S/C23H19BrClN3O3/c1-15-20(25)6-3-7-21(15)27-23(30)17-8-10-19(11-9-17)31-14-22(29)28-26-13-16-4-2-5-18(24)12-16/h2-13H,14H2,1H3,(H,27,30)(H,28,29). The lowest BCUT2D eigenvalue weighted by Crippen LogP contribution is -2.24. The zero-order chi connectivity index (χ0) is 22.2. The Bertz CT molecular complexity index is 1120. The van der Waals surface area contributed by atoms with E-state index in [1.807, 2.05) is 31.2 Å². The molecular weight excluding hydrogens is 482 g/mol. The number of carbonyl (C=O) groups is 2. The smallest absolute Gasteiger partial charge is 0.277 e. The lowest BCUT2D eigenvalue weighted by atomic mass is 10.1. The average Bonchev–Trinajstić information content (AvgIpc) is 2.76. The minimum absolute atomic E-state index is 0.205. The number of hydrogen-bond donors (Lipinski definition) is 2. The van der Waals surface area contributed by atoms with E-state index < -0.39 is 5.91 Å². The second-order valence-corrected chi connectivity index (χ2v) is 7.85. The van der Waals surface area contributed by atoms with E-state index in [1.165, 1.54) is 6.21 Å². The van der Waals surface area contributed by atoms with Gasteiger partial charge in [-0.05, 0) is 66.6 Å². The van der Waals surface area contributed by atoms with Gasteiger partial charge in [0.15, 0.2) is 6.61 Å². The summed E-state index contributed by atoms with van der Waals surface area (Å²) in [5, 5.41) is 7.31. The molecule has 0 fully saturated rings. The van der Waals surface area contributed by atoms with Gasteiger partial charge in [0.2, 0.25) is 0 Å². The highest BCUT2D eigenvalue weighted by Crippen LogP contribution is 2.23. The molecule has 0 saturated heterocycles. The summed E-state index contributed by atoms with van der Waals surface area (Å²) in [7, 11) is 0. The molecule has 6 nitrogen and oxygen atoms in total. The second-order valence-electron chi connectivity index (χ2n) is 6.53. The average molecular weight is 501 g/mol. The van der Waals surface area contributed by atoms with Gasteiger partial charge in [0.05, 0.1) is 6.21 Å². The quantitative estimate of drug-likeness (QED) is 0.346. The summed E-state index contributed by atoms with van der Waals surface area (Å²) in [4.78, 5) is 24.3. The molecule has 0 bridgehead atoms. The fourth-order valence-electron chi connectivity index (χ4n) is 2.59. The van der Waals surface area contributed by atoms with Crippen LogP contribution in [-0.4, -0.2) is 24.6 Å². The fraction of sp³-hybridized carbons (Fsp3) is 0.0870. The van der Waals surface area contributed by atoms with Crippen LogP contribution >= 0.6 is 27.5 Å². The number of carbonyl (C=O) groups excluding carboxylic acids is 2. The molecule has 31 heavy (non-hydrogen) atoms. The first-order valence-electron chi connectivity index (χ1n) is 9.29. The number of anilines is 1. The van der Waals surface area contributed by atoms with Crippen molar-refractivity contribution >= 4 is 51.2 Å². The number of nitrogens with one attached hydrogen (secondary N) is 2. The predicted molar refractivity (Wildman–Crippen MR) is 126 cm³/mol. The van der Waals surface area contributed by atoms with Crippen molar-refractivity contribution in [3.8, 4) is 5.75 Å². The first kappa shape index (κ1) is 22.5. The van der Waals surface area contributed by atoms with Crippen LogP contribution in [0.4, 0.5) is 5.69 Å². The van der Waals surface area contributed by atoms with Crippen molar-refractivity contribution in [2.45, 2.75) is 6.92 Å². The van der Waals surface area contributed by atoms with E-state index >= 15 is 0 Å². The van der Waals surface area contributed by atoms with E-state index in [1.54, 1.807) is 42.5 Å². The molecule has 2 N–H and O–H groups in total. The van der Waals surface area contributed by atoms with Gasteiger partial charge in [-0.25, -0.2) is 5.43 Å². The van der Waals surface area contributed by atoms with Crippen molar-refractivity contribution in [2.75, 3.05) is 11.9 Å². The van der Waals surface area contributed by atoms with E-state index in [9.17, 15) is 9.59 Å². The highest BCUT2D eigenvalue weighted by atomic mass is 79.9. The number of ether oxygens (including phenoxy) is 1. The Morgan fingerprint density at radius 2 is 1.84 bits per heavy atom. The van der Waals surface area contributed by atoms with Crippen LogP contribution in [0.25, 0.3) is 0 Å². The molecule has 0 spiro atoms. The summed E-state index contributed by atoms with van der Waals surface area (Å²) in [5.74, 6) is -0.206. The molecule has 0 atom stereocenters. The van der Waals surface area contributed by atoms with E-state index in [2.05, 4.69) is 31.8 Å². The van der Waals surface area contributed by atoms with E-state index in [-0.39, 0.29) is 12.5 Å². The second kappa shape index (κ2) is 10.7. The zero-order valence-electron chi connectivity index (χ0n) is 16.6. The number of benzene rings is 3. The summed E-state index contributed by atoms with van der Waals surface area (Å²) in [6, 6.07) is 19.3. The number of hydrazone groups is 1. The molecule has 8 heteroatoms. The molecule has 0 saturated carbocycles. The Labute approximate surface area is 193 Å². The van der Waals surface area contributed by atoms with Crippen LogP contribution in [0.15, 0.2) is 76.3 Å². The van der Waals surface area contributed by atoms with Gasteiger partial charge >= 0.3 is 0 Å². The number of halogens is 2. The van der Waals surface area contributed by atoms with E-state index in [0.29, 0.717) is 22.0 Å². The maximum Gasteiger partial charge on any atom is 0.277 e. The third kappa shape index (κ3) is 6.67. The fourth-order valence-corrected chi connectivity index (χ4v) is 3.18. The van der Waals surface area contributed by atoms with Gasteiger partial charge in [-0.3, -0.25) is 9.59 Å². The summed E-state index contributed by atoms with van der Waals surface area (Å²) >= 11 is 9.45. The number of rotatable bonds is 7. The Morgan fingerprint density at radius 3 is 2.58 bits per heavy atom. The summed E-state index contributed by atoms with van der Waals surface area (Å²) in [6.07, 6.45) is 1.54. The van der Waals surface area contributed by atoms with Gasteiger partial charge in [0.25, 0.3) is 11.8 Å². The first-order valence-corrected chi connectivity index (χ1v) is 10.5. The SMILES string of the molecule is Cc1c(Cl)cccc1NC(=O)c1ccc(OCC(=O)NN=Cc2cccc(Br)c2)cc1. The zero-order valence-corrected chi connectivity index (χ0v) is 18.9. The minimum atomic E-state index is -0.399. The number of amides is 2. The lowest BCUT2D eigenvalue weighted by Gasteiger charge is -2.10. The van der Waals surface area contributed by atoms with Crippen LogP contribution in [-0.2, 0) is 4.79 Å². The summed E-state index contributed by atoms with van der Waals surface area (Å²) in [6.45, 7) is 1.63. The van der Waals surface area contributed by atoms with Crippen LogP contribution in [0.5, 0.6) is 5.75 Å². The third-order valence-corrected chi connectivity index (χ3v) is 5.16. The monoisotopic (exact) mass is 499 g/mol.